The molecule has 4 aromatic rings. The van der Waals surface area contributed by atoms with Gasteiger partial charge in [0.05, 0.1) is 0 Å². The van der Waals surface area contributed by atoms with Crippen LogP contribution in [0.5, 0.6) is 0 Å². The van der Waals surface area contributed by atoms with Crippen LogP contribution in [0.3, 0.4) is 0 Å². The fraction of sp³-hybridized carbons (Fsp3) is 0. The van der Waals surface area contributed by atoms with Gasteiger partial charge in [-0.25, -0.2) is 22.7 Å². The van der Waals surface area contributed by atoms with E-state index in [9.17, 15) is 0 Å². The van der Waals surface area contributed by atoms with Crippen molar-refractivity contribution in [2.24, 2.45) is 0 Å². The predicted molar refractivity (Wildman–Crippen MR) is 92.8 cm³/mol. The summed E-state index contributed by atoms with van der Waals surface area (Å²) in [6.45, 7) is 0. The molecule has 6 heteroatoms. The van der Waals surface area contributed by atoms with Crippen molar-refractivity contribution in [3.63, 3.8) is 0 Å². The molecule has 0 spiro atoms. The fourth-order valence-electron chi connectivity index (χ4n) is 1.75. The van der Waals surface area contributed by atoms with Crippen molar-refractivity contribution < 1.29 is 40.2 Å². The Morgan fingerprint density at radius 2 is 1.12 bits per heavy atom. The molecule has 0 atom stereocenters. The van der Waals surface area contributed by atoms with Gasteiger partial charge in [-0.2, -0.15) is 24.3 Å². The Labute approximate surface area is 176 Å². The van der Waals surface area contributed by atoms with Gasteiger partial charge in [-0.05, 0) is 23.5 Å². The minimum absolute atomic E-state index is 0. The van der Waals surface area contributed by atoms with Gasteiger partial charge >= 0.3 is 0 Å². The summed E-state index contributed by atoms with van der Waals surface area (Å²) in [6, 6.07) is 21.8. The second-order valence-corrected chi connectivity index (χ2v) is 6.05. The van der Waals surface area contributed by atoms with Crippen molar-refractivity contribution in [3.8, 4) is 21.1 Å². The Morgan fingerprint density at radius 1 is 0.667 bits per heavy atom. The van der Waals surface area contributed by atoms with E-state index in [4.69, 9.17) is 0 Å². The Morgan fingerprint density at radius 3 is 1.42 bits per heavy atom. The zero-order valence-electron chi connectivity index (χ0n) is 12.3. The molecule has 126 valence electrons. The Balaban J connectivity index is 0.000000222. The van der Waals surface area contributed by atoms with E-state index in [0.29, 0.717) is 0 Å². The molecular weight excluding hydrogens is 693 g/mol. The first-order chi connectivity index (χ1) is 10.9. The van der Waals surface area contributed by atoms with Gasteiger partial charge in [0.1, 0.15) is 0 Å². The van der Waals surface area contributed by atoms with Crippen LogP contribution >= 0.6 is 22.7 Å². The van der Waals surface area contributed by atoms with E-state index < -0.39 is 0 Å². The maximum atomic E-state index is 4.20. The Hall–Kier alpha value is -1.00. The molecule has 4 heterocycles. The number of rotatable bonds is 2. The minimum Gasteiger partial charge on any atom is -0.319 e. The van der Waals surface area contributed by atoms with Gasteiger partial charge in [-0.3, -0.25) is 0 Å². The predicted octanol–water partition coefficient (Wildman–Crippen LogP) is 5.22. The van der Waals surface area contributed by atoms with Crippen LogP contribution in [0.4, 0.5) is 0 Å². The standard InChI is InChI=1S/2C9H6NS.2Ir/c2*1-2-6-10-8(4-1)9-5-3-7-11-9;;/h2*1-4,6-7H;;/q2*-1;;. The monoisotopic (exact) mass is 706 g/mol. The van der Waals surface area contributed by atoms with E-state index >= 15 is 0 Å². The zero-order chi connectivity index (χ0) is 15.0. The zero-order valence-corrected chi connectivity index (χ0v) is 18.7. The molecule has 0 aliphatic carbocycles. The van der Waals surface area contributed by atoms with Gasteiger partial charge in [-0.15, -0.1) is 10.8 Å². The summed E-state index contributed by atoms with van der Waals surface area (Å²) in [7, 11) is 0. The third kappa shape index (κ3) is 6.14. The summed E-state index contributed by atoms with van der Waals surface area (Å²) in [5.41, 5.74) is 2.00. The molecule has 4 aromatic heterocycles. The van der Waals surface area contributed by atoms with E-state index in [-0.39, 0.29) is 40.2 Å². The smallest absolute Gasteiger partial charge is 0.0124 e. The van der Waals surface area contributed by atoms with E-state index in [1.807, 2.05) is 59.3 Å². The average molecular weight is 705 g/mol. The van der Waals surface area contributed by atoms with Crippen LogP contribution in [-0.4, -0.2) is 9.97 Å². The van der Waals surface area contributed by atoms with Crippen LogP contribution < -0.4 is 0 Å². The molecule has 0 N–H and O–H groups in total. The third-order valence-corrected chi connectivity index (χ3v) is 4.40. The molecular formula is C18H12Ir2N2S2-2. The number of pyridine rings is 2. The number of thiophene rings is 2. The normalized spacial score (nSPS) is 9.00. The van der Waals surface area contributed by atoms with Crippen LogP contribution in [0.2, 0.25) is 0 Å². The molecule has 2 radical (unpaired) electrons. The van der Waals surface area contributed by atoms with E-state index in [1.54, 1.807) is 35.1 Å². The second-order valence-electron chi connectivity index (χ2n) is 4.22. The van der Waals surface area contributed by atoms with Gasteiger partial charge in [0.15, 0.2) is 0 Å². The van der Waals surface area contributed by atoms with Gasteiger partial charge < -0.3 is 9.97 Å². The molecule has 0 amide bonds. The fourth-order valence-corrected chi connectivity index (χ4v) is 3.05. The topological polar surface area (TPSA) is 25.8 Å². The third-order valence-electron chi connectivity index (χ3n) is 2.73. The molecule has 0 saturated heterocycles. The Kier molecular flexibility index (Phi) is 10.1. The second kappa shape index (κ2) is 11.5. The quantitative estimate of drug-likeness (QED) is 0.268. The van der Waals surface area contributed by atoms with E-state index in [0.717, 1.165) is 21.1 Å². The van der Waals surface area contributed by atoms with Crippen molar-refractivity contribution in [2.45, 2.75) is 0 Å². The summed E-state index contributed by atoms with van der Waals surface area (Å²) < 4.78 is 0. The van der Waals surface area contributed by atoms with Crippen molar-refractivity contribution in [1.82, 2.24) is 9.97 Å². The minimum atomic E-state index is 0. The largest absolute Gasteiger partial charge is 0.319 e. The number of hydrogen-bond donors (Lipinski definition) is 0. The Bertz CT molecular complexity index is 705. The van der Waals surface area contributed by atoms with E-state index in [2.05, 4.69) is 22.1 Å². The summed E-state index contributed by atoms with van der Waals surface area (Å²) in [6.07, 6.45) is 3.59. The molecule has 0 saturated carbocycles. The van der Waals surface area contributed by atoms with Crippen molar-refractivity contribution >= 4 is 22.7 Å². The molecule has 0 aliphatic rings. The van der Waals surface area contributed by atoms with Crippen molar-refractivity contribution in [3.05, 3.63) is 83.8 Å². The first-order valence-corrected chi connectivity index (χ1v) is 8.42. The molecule has 4 rings (SSSR count). The van der Waals surface area contributed by atoms with Crippen molar-refractivity contribution in [1.29, 1.82) is 0 Å². The first kappa shape index (κ1) is 21.0. The summed E-state index contributed by atoms with van der Waals surface area (Å²) in [5, 5.41) is 4.01. The van der Waals surface area contributed by atoms with Crippen LogP contribution in [-0.2, 0) is 40.2 Å². The van der Waals surface area contributed by atoms with Crippen LogP contribution in [0.15, 0.2) is 71.7 Å². The number of hydrogen-bond acceptors (Lipinski definition) is 4. The molecule has 0 aliphatic heterocycles. The van der Waals surface area contributed by atoms with Crippen molar-refractivity contribution in [2.75, 3.05) is 0 Å². The maximum Gasteiger partial charge on any atom is 0.0124 e. The van der Waals surface area contributed by atoms with Gasteiger partial charge in [-0.1, -0.05) is 34.0 Å². The first-order valence-electron chi connectivity index (χ1n) is 6.66. The van der Waals surface area contributed by atoms with Gasteiger partial charge in [0.25, 0.3) is 0 Å². The summed E-state index contributed by atoms with van der Waals surface area (Å²) >= 11 is 3.32. The van der Waals surface area contributed by atoms with Crippen LogP contribution in [0.1, 0.15) is 0 Å². The van der Waals surface area contributed by atoms with Gasteiger partial charge in [0, 0.05) is 52.6 Å². The molecule has 0 unspecified atom stereocenters. The number of aromatic nitrogens is 2. The summed E-state index contributed by atoms with van der Waals surface area (Å²) in [4.78, 5) is 10.6. The molecule has 2 nitrogen and oxygen atoms in total. The average Bonchev–Trinajstić information content (AvgIpc) is 3.31. The maximum absolute atomic E-state index is 4.20. The molecule has 24 heavy (non-hydrogen) atoms. The molecule has 0 fully saturated rings. The SMILES string of the molecule is [Ir].[Ir].[c-]1ccsc1-c1ccccn1.[c-]1ccsc1-c1ccccn1. The van der Waals surface area contributed by atoms with Crippen LogP contribution in [0, 0.1) is 12.1 Å². The molecule has 0 aromatic carbocycles. The van der Waals surface area contributed by atoms with Crippen LogP contribution in [0.25, 0.3) is 21.1 Å². The van der Waals surface area contributed by atoms with E-state index in [1.165, 1.54) is 0 Å². The summed E-state index contributed by atoms with van der Waals surface area (Å²) in [5.74, 6) is 0. The van der Waals surface area contributed by atoms with Gasteiger partial charge in [0.2, 0.25) is 0 Å². The molecule has 0 bridgehead atoms. The number of nitrogens with zero attached hydrogens (tertiary/aromatic N) is 2.